The first kappa shape index (κ1) is 12.4. The largest absolute Gasteiger partial charge is 0.506 e. The van der Waals surface area contributed by atoms with Gasteiger partial charge in [0.05, 0.1) is 10.0 Å². The Bertz CT molecular complexity index is 423. The second-order valence-electron chi connectivity index (χ2n) is 2.60. The maximum Gasteiger partial charge on any atom is 0.221 e. The minimum absolute atomic E-state index is 0.125. The van der Waals surface area contributed by atoms with Crippen LogP contribution in [-0.2, 0) is 0 Å². The Morgan fingerprint density at radius 3 is 2.80 bits per heavy atom. The molecule has 0 aliphatic carbocycles. The fraction of sp³-hybridized carbons (Fsp3) is 0. The number of benzene rings is 1. The first-order valence-electron chi connectivity index (χ1n) is 3.83. The zero-order valence-electron chi connectivity index (χ0n) is 7.42. The predicted molar refractivity (Wildman–Crippen MR) is 69.6 cm³/mol. The number of thiocarbonyl (C=S) groups is 1. The van der Waals surface area contributed by atoms with E-state index >= 15 is 0 Å². The summed E-state index contributed by atoms with van der Waals surface area (Å²) in [5.74, 6) is 0.135. The summed E-state index contributed by atoms with van der Waals surface area (Å²) >= 11 is 11.1. The number of aromatic hydroxyl groups is 1. The van der Waals surface area contributed by atoms with Gasteiger partial charge in [0.15, 0.2) is 0 Å². The van der Waals surface area contributed by atoms with Gasteiger partial charge in [-0.05, 0) is 40.3 Å². The van der Waals surface area contributed by atoms with Crippen LogP contribution in [0.5, 0.6) is 5.75 Å². The van der Waals surface area contributed by atoms with E-state index in [-0.39, 0.29) is 10.9 Å². The highest BCUT2D eigenvalue weighted by Crippen LogP contribution is 2.30. The number of hydrazone groups is 1. The van der Waals surface area contributed by atoms with Crippen molar-refractivity contribution in [3.05, 3.63) is 26.6 Å². The molecular weight excluding hydrogens is 346 g/mol. The second-order valence-corrected chi connectivity index (χ2v) is 4.81. The van der Waals surface area contributed by atoms with Gasteiger partial charge >= 0.3 is 0 Å². The van der Waals surface area contributed by atoms with Crippen LogP contribution in [0.4, 0.5) is 0 Å². The van der Waals surface area contributed by atoms with E-state index in [0.29, 0.717) is 10.0 Å². The maximum atomic E-state index is 9.66. The molecule has 80 valence electrons. The molecule has 0 amide bonds. The van der Waals surface area contributed by atoms with Gasteiger partial charge in [0.2, 0.25) is 11.3 Å². The van der Waals surface area contributed by atoms with Gasteiger partial charge in [0.25, 0.3) is 0 Å². The molecule has 5 N–H and O–H groups in total. The molecule has 0 heterocycles. The van der Waals surface area contributed by atoms with E-state index in [1.807, 2.05) is 0 Å². The molecule has 4 nitrogen and oxygen atoms in total. The van der Waals surface area contributed by atoms with E-state index in [2.05, 4.69) is 54.6 Å². The summed E-state index contributed by atoms with van der Waals surface area (Å²) < 4.78 is 1.44. The number of halogens is 2. The Labute approximate surface area is 109 Å². The SMILES string of the molecule is NC(=S)N[NH+]=Cc1cc(Br)cc(Br)c1O. The molecule has 0 unspecified atom stereocenters. The summed E-state index contributed by atoms with van der Waals surface area (Å²) in [6, 6.07) is 3.49. The molecule has 0 aromatic heterocycles. The van der Waals surface area contributed by atoms with Gasteiger partial charge in [0.1, 0.15) is 5.75 Å². The first-order chi connectivity index (χ1) is 7.00. The van der Waals surface area contributed by atoms with Crippen molar-refractivity contribution < 1.29 is 10.2 Å². The van der Waals surface area contributed by atoms with Crippen LogP contribution >= 0.6 is 44.1 Å². The molecule has 0 aliphatic rings. The van der Waals surface area contributed by atoms with E-state index in [9.17, 15) is 5.11 Å². The Morgan fingerprint density at radius 2 is 2.20 bits per heavy atom. The quantitative estimate of drug-likeness (QED) is 0.347. The molecule has 1 aromatic rings. The average molecular weight is 354 g/mol. The molecule has 0 aliphatic heterocycles. The van der Waals surface area contributed by atoms with Gasteiger partial charge in [-0.3, -0.25) is 0 Å². The lowest BCUT2D eigenvalue weighted by atomic mass is 10.2. The smallest absolute Gasteiger partial charge is 0.221 e. The molecule has 0 saturated heterocycles. The van der Waals surface area contributed by atoms with Crippen molar-refractivity contribution in [2.75, 3.05) is 0 Å². The van der Waals surface area contributed by atoms with Crippen LogP contribution < -0.4 is 16.3 Å². The Balaban J connectivity index is 2.94. The lowest BCUT2D eigenvalue weighted by molar-refractivity contribution is -0.499. The molecule has 1 rings (SSSR count). The summed E-state index contributed by atoms with van der Waals surface area (Å²) in [5, 5.41) is 12.4. The summed E-state index contributed by atoms with van der Waals surface area (Å²) in [6.45, 7) is 0. The number of phenolic OH excluding ortho intramolecular Hbond substituents is 1. The van der Waals surface area contributed by atoms with Gasteiger partial charge in [-0.2, -0.15) is 0 Å². The molecule has 0 radical (unpaired) electrons. The molecule has 1 aromatic carbocycles. The number of hydrogen-bond donors (Lipinski definition) is 4. The van der Waals surface area contributed by atoms with Crippen molar-refractivity contribution in [1.82, 2.24) is 5.43 Å². The van der Waals surface area contributed by atoms with Gasteiger partial charge in [-0.25, -0.2) is 0 Å². The fourth-order valence-electron chi connectivity index (χ4n) is 0.881. The number of rotatable bonds is 2. The monoisotopic (exact) mass is 352 g/mol. The highest BCUT2D eigenvalue weighted by molar-refractivity contribution is 9.11. The number of nitrogens with two attached hydrogens (primary N) is 1. The highest BCUT2D eigenvalue weighted by Gasteiger charge is 2.07. The minimum Gasteiger partial charge on any atom is -0.506 e. The van der Waals surface area contributed by atoms with Crippen LogP contribution in [0.1, 0.15) is 5.56 Å². The van der Waals surface area contributed by atoms with E-state index < -0.39 is 0 Å². The van der Waals surface area contributed by atoms with Crippen molar-refractivity contribution in [2.24, 2.45) is 5.73 Å². The van der Waals surface area contributed by atoms with Crippen molar-refractivity contribution in [3.63, 3.8) is 0 Å². The maximum absolute atomic E-state index is 9.66. The summed E-state index contributed by atoms with van der Waals surface area (Å²) in [6.07, 6.45) is 1.55. The third-order valence-corrected chi connectivity index (χ3v) is 2.65. The topological polar surface area (TPSA) is 72.2 Å². The lowest BCUT2D eigenvalue weighted by Crippen LogP contribution is -2.82. The zero-order valence-corrected chi connectivity index (χ0v) is 11.4. The van der Waals surface area contributed by atoms with Crippen LogP contribution in [0.15, 0.2) is 21.1 Å². The standard InChI is InChI=1S/C8H7Br2N3OS/c9-5-1-4(3-12-13-8(11)15)7(14)6(10)2-5/h1-3,14H,(H3,11,13,15)/p+1. The average Bonchev–Trinajstić information content (AvgIpc) is 2.12. The molecule has 7 heteroatoms. The van der Waals surface area contributed by atoms with Crippen LogP contribution in [0.2, 0.25) is 0 Å². The molecule has 0 saturated carbocycles. The number of nitrogens with one attached hydrogen (secondary N) is 2. The molecule has 0 spiro atoms. The van der Waals surface area contributed by atoms with E-state index in [4.69, 9.17) is 5.73 Å². The minimum atomic E-state index is 0.125. The number of hydrazine groups is 1. The van der Waals surface area contributed by atoms with E-state index in [0.717, 1.165) is 4.47 Å². The normalized spacial score (nSPS) is 10.5. The molecule has 0 atom stereocenters. The van der Waals surface area contributed by atoms with Gasteiger partial charge in [0, 0.05) is 4.47 Å². The summed E-state index contributed by atoms with van der Waals surface area (Å²) in [5.41, 5.74) is 8.33. The fourth-order valence-corrected chi connectivity index (χ4v) is 2.20. The van der Waals surface area contributed by atoms with Gasteiger partial charge in [-0.15, -0.1) is 10.5 Å². The highest BCUT2D eigenvalue weighted by atomic mass is 79.9. The summed E-state index contributed by atoms with van der Waals surface area (Å²) in [7, 11) is 0. The van der Waals surface area contributed by atoms with Crippen LogP contribution in [-0.4, -0.2) is 16.4 Å². The molecule has 0 fully saturated rings. The van der Waals surface area contributed by atoms with Crippen molar-refractivity contribution >= 4 is 55.4 Å². The van der Waals surface area contributed by atoms with Crippen LogP contribution in [0, 0.1) is 0 Å². The molecular formula is C8H8Br2N3OS+. The first-order valence-corrected chi connectivity index (χ1v) is 5.82. The zero-order chi connectivity index (χ0) is 11.4. The van der Waals surface area contributed by atoms with Crippen molar-refractivity contribution in [3.8, 4) is 5.75 Å². The van der Waals surface area contributed by atoms with Gasteiger partial charge in [-0.1, -0.05) is 15.9 Å². The number of phenols is 1. The third-order valence-electron chi connectivity index (χ3n) is 1.48. The number of hydrogen-bond acceptors (Lipinski definition) is 2. The van der Waals surface area contributed by atoms with Crippen LogP contribution in [0.25, 0.3) is 0 Å². The Kier molecular flexibility index (Phi) is 4.49. The Hall–Kier alpha value is -0.660. The van der Waals surface area contributed by atoms with Crippen molar-refractivity contribution in [2.45, 2.75) is 0 Å². The third kappa shape index (κ3) is 3.77. The predicted octanol–water partition coefficient (Wildman–Crippen LogP) is 0.165. The van der Waals surface area contributed by atoms with E-state index in [1.165, 1.54) is 0 Å². The molecule has 0 bridgehead atoms. The Morgan fingerprint density at radius 1 is 1.53 bits per heavy atom. The molecule has 15 heavy (non-hydrogen) atoms. The summed E-state index contributed by atoms with van der Waals surface area (Å²) in [4.78, 5) is 0. The second kappa shape index (κ2) is 5.43. The van der Waals surface area contributed by atoms with Crippen molar-refractivity contribution in [1.29, 1.82) is 0 Å². The van der Waals surface area contributed by atoms with E-state index in [1.54, 1.807) is 18.3 Å². The van der Waals surface area contributed by atoms with Crippen LogP contribution in [0.3, 0.4) is 0 Å². The van der Waals surface area contributed by atoms with Gasteiger partial charge < -0.3 is 10.8 Å². The lowest BCUT2D eigenvalue weighted by Gasteiger charge is -2.00.